The molecule has 0 radical (unpaired) electrons. The number of hydrogen-bond acceptors (Lipinski definition) is 2. The highest BCUT2D eigenvalue weighted by Crippen LogP contribution is 2.50. The van der Waals surface area contributed by atoms with Gasteiger partial charge in [-0.05, 0) is 6.92 Å². The maximum absolute atomic E-state index is 13.0. The molecule has 0 N–H and O–H groups in total. The Bertz CT molecular complexity index is 322. The average Bonchev–Trinajstić information content (AvgIpc) is 2.13. The van der Waals surface area contributed by atoms with Gasteiger partial charge in [-0.2, -0.15) is 26.3 Å². The fourth-order valence-electron chi connectivity index (χ4n) is 0.603. The Balaban J connectivity index is 5.27. The third-order valence-electron chi connectivity index (χ3n) is 1.98. The molecule has 0 amide bonds. The molecule has 0 rings (SSSR count). The summed E-state index contributed by atoms with van der Waals surface area (Å²) in [6.45, 7) is -0.480. The van der Waals surface area contributed by atoms with Crippen molar-refractivity contribution in [3.05, 3.63) is 12.4 Å². The Labute approximate surface area is 91.0 Å². The first-order chi connectivity index (χ1) is 7.39. The van der Waals surface area contributed by atoms with Crippen molar-refractivity contribution in [1.29, 1.82) is 0 Å². The minimum Gasteiger partial charge on any atom is -0.395 e. The summed E-state index contributed by atoms with van der Waals surface area (Å²) in [7, 11) is 0. The molecular formula is C8H7F7O2. The maximum Gasteiger partial charge on any atom is 0.417 e. The quantitative estimate of drug-likeness (QED) is 0.445. The molecule has 0 aromatic carbocycles. The summed E-state index contributed by atoms with van der Waals surface area (Å²) in [5, 5.41) is 0. The number of esters is 1. The summed E-state index contributed by atoms with van der Waals surface area (Å²) in [5.41, 5.74) is -4.26. The number of alkyl halides is 6. The number of halogens is 7. The van der Waals surface area contributed by atoms with E-state index in [2.05, 4.69) is 11.3 Å². The fraction of sp³-hybridized carbons (Fsp3) is 0.625. The van der Waals surface area contributed by atoms with Gasteiger partial charge in [-0.3, -0.25) is 0 Å². The number of rotatable bonds is 4. The summed E-state index contributed by atoms with van der Waals surface area (Å²) in [6, 6.07) is 0. The van der Waals surface area contributed by atoms with Crippen LogP contribution in [-0.2, 0) is 9.53 Å². The van der Waals surface area contributed by atoms with Gasteiger partial charge >= 0.3 is 18.3 Å². The van der Waals surface area contributed by atoms with E-state index < -0.39 is 36.2 Å². The van der Waals surface area contributed by atoms with Crippen LogP contribution in [0.25, 0.3) is 0 Å². The molecule has 0 fully saturated rings. The molecule has 100 valence electrons. The summed E-state index contributed by atoms with van der Waals surface area (Å²) in [5.74, 6) is -4.41. The van der Waals surface area contributed by atoms with E-state index in [0.717, 1.165) is 0 Å². The first-order valence-corrected chi connectivity index (χ1v) is 3.97. The van der Waals surface area contributed by atoms with Crippen molar-refractivity contribution in [2.75, 3.05) is 6.67 Å². The van der Waals surface area contributed by atoms with Gasteiger partial charge in [0, 0.05) is 0 Å². The predicted molar refractivity (Wildman–Crippen MR) is 41.4 cm³/mol. The highest BCUT2D eigenvalue weighted by molar-refractivity contribution is 5.85. The SMILES string of the molecule is C=C(F)C(=O)OC(F)(F)C(C)(CF)C(F)(F)F. The molecule has 0 aromatic rings. The topological polar surface area (TPSA) is 26.3 Å². The van der Waals surface area contributed by atoms with Gasteiger partial charge in [0.2, 0.25) is 5.83 Å². The molecule has 0 spiro atoms. The Morgan fingerprint density at radius 2 is 1.65 bits per heavy atom. The smallest absolute Gasteiger partial charge is 0.395 e. The second-order valence-electron chi connectivity index (χ2n) is 3.27. The van der Waals surface area contributed by atoms with E-state index in [9.17, 15) is 35.5 Å². The van der Waals surface area contributed by atoms with Crippen molar-refractivity contribution in [2.24, 2.45) is 5.41 Å². The first-order valence-electron chi connectivity index (χ1n) is 3.97. The van der Waals surface area contributed by atoms with E-state index in [-0.39, 0.29) is 6.92 Å². The van der Waals surface area contributed by atoms with Crippen molar-refractivity contribution in [1.82, 2.24) is 0 Å². The van der Waals surface area contributed by atoms with Crippen LogP contribution in [0.15, 0.2) is 12.4 Å². The Morgan fingerprint density at radius 1 is 1.24 bits per heavy atom. The minimum atomic E-state index is -5.69. The first kappa shape index (κ1) is 15.7. The third kappa shape index (κ3) is 2.89. The second kappa shape index (κ2) is 4.53. The van der Waals surface area contributed by atoms with E-state index in [1.807, 2.05) is 0 Å². The zero-order chi connectivity index (χ0) is 14.1. The van der Waals surface area contributed by atoms with Crippen molar-refractivity contribution >= 4 is 5.97 Å². The highest BCUT2D eigenvalue weighted by atomic mass is 19.4. The van der Waals surface area contributed by atoms with Crippen LogP contribution in [0.5, 0.6) is 0 Å². The number of carbonyl (C=O) groups excluding carboxylic acids is 1. The van der Waals surface area contributed by atoms with Crippen LogP contribution < -0.4 is 0 Å². The van der Waals surface area contributed by atoms with Crippen molar-refractivity contribution in [2.45, 2.75) is 19.2 Å². The van der Waals surface area contributed by atoms with E-state index in [0.29, 0.717) is 0 Å². The van der Waals surface area contributed by atoms with Crippen molar-refractivity contribution in [3.63, 3.8) is 0 Å². The summed E-state index contributed by atoms with van der Waals surface area (Å²) in [4.78, 5) is 10.4. The predicted octanol–water partition coefficient (Wildman–Crippen LogP) is 3.14. The lowest BCUT2D eigenvalue weighted by Gasteiger charge is -2.34. The Kier molecular flexibility index (Phi) is 4.19. The number of ether oxygens (including phenoxy) is 1. The molecule has 0 bridgehead atoms. The van der Waals surface area contributed by atoms with Gasteiger partial charge < -0.3 is 4.74 Å². The van der Waals surface area contributed by atoms with Crippen LogP contribution in [0.1, 0.15) is 6.92 Å². The molecule has 0 saturated carbocycles. The highest BCUT2D eigenvalue weighted by Gasteiger charge is 2.69. The molecule has 0 saturated heterocycles. The number of carbonyl (C=O) groups is 1. The van der Waals surface area contributed by atoms with Gasteiger partial charge in [0.1, 0.15) is 6.67 Å². The standard InChI is InChI=1S/C8H7F7O2/c1-4(10)5(16)17-8(14,15)6(2,3-9)7(11,12)13/h1,3H2,2H3. The summed E-state index contributed by atoms with van der Waals surface area (Å²) < 4.78 is 89.8. The molecule has 2 nitrogen and oxygen atoms in total. The summed E-state index contributed by atoms with van der Waals surface area (Å²) in [6.07, 6.45) is -10.9. The molecule has 1 atom stereocenters. The lowest BCUT2D eigenvalue weighted by atomic mass is 9.90. The largest absolute Gasteiger partial charge is 0.417 e. The molecule has 1 unspecified atom stereocenters. The van der Waals surface area contributed by atoms with Crippen LogP contribution in [0, 0.1) is 5.41 Å². The van der Waals surface area contributed by atoms with E-state index in [4.69, 9.17) is 0 Å². The molecule has 0 heterocycles. The van der Waals surface area contributed by atoms with Gasteiger partial charge in [0.05, 0.1) is 0 Å². The van der Waals surface area contributed by atoms with Gasteiger partial charge in [-0.25, -0.2) is 9.18 Å². The van der Waals surface area contributed by atoms with Gasteiger partial charge in [0.15, 0.2) is 5.41 Å². The Morgan fingerprint density at radius 3 is 1.88 bits per heavy atom. The molecule has 0 aromatic heterocycles. The molecule has 0 aliphatic heterocycles. The zero-order valence-electron chi connectivity index (χ0n) is 8.38. The van der Waals surface area contributed by atoms with E-state index in [1.54, 1.807) is 0 Å². The van der Waals surface area contributed by atoms with E-state index in [1.165, 1.54) is 0 Å². The number of hydrogen-bond donors (Lipinski definition) is 0. The third-order valence-corrected chi connectivity index (χ3v) is 1.98. The lowest BCUT2D eigenvalue weighted by Crippen LogP contribution is -2.53. The normalized spacial score (nSPS) is 16.2. The minimum absolute atomic E-state index is 0.193. The van der Waals surface area contributed by atoms with Crippen LogP contribution in [0.2, 0.25) is 0 Å². The molecule has 17 heavy (non-hydrogen) atoms. The van der Waals surface area contributed by atoms with Crippen LogP contribution in [0.4, 0.5) is 30.7 Å². The second-order valence-corrected chi connectivity index (χ2v) is 3.27. The van der Waals surface area contributed by atoms with Crippen molar-refractivity contribution < 1.29 is 40.3 Å². The van der Waals surface area contributed by atoms with Gasteiger partial charge in [-0.1, -0.05) is 6.58 Å². The molecule has 9 heteroatoms. The lowest BCUT2D eigenvalue weighted by molar-refractivity contribution is -0.367. The fourth-order valence-corrected chi connectivity index (χ4v) is 0.603. The van der Waals surface area contributed by atoms with Crippen LogP contribution >= 0.6 is 0 Å². The molecular weight excluding hydrogens is 261 g/mol. The maximum atomic E-state index is 13.0. The zero-order valence-corrected chi connectivity index (χ0v) is 8.38. The van der Waals surface area contributed by atoms with Gasteiger partial charge in [-0.15, -0.1) is 0 Å². The Hall–Kier alpha value is -1.28. The van der Waals surface area contributed by atoms with E-state index >= 15 is 0 Å². The molecule has 0 aliphatic rings. The monoisotopic (exact) mass is 268 g/mol. The summed E-state index contributed by atoms with van der Waals surface area (Å²) >= 11 is 0. The average molecular weight is 268 g/mol. The van der Waals surface area contributed by atoms with Gasteiger partial charge in [0.25, 0.3) is 0 Å². The molecule has 0 aliphatic carbocycles. The van der Waals surface area contributed by atoms with Crippen LogP contribution in [-0.4, -0.2) is 24.9 Å². The van der Waals surface area contributed by atoms with Crippen molar-refractivity contribution in [3.8, 4) is 0 Å². The van der Waals surface area contributed by atoms with Crippen LogP contribution in [0.3, 0.4) is 0 Å².